The van der Waals surface area contributed by atoms with Gasteiger partial charge in [0.25, 0.3) is 5.91 Å². The summed E-state index contributed by atoms with van der Waals surface area (Å²) in [5, 5.41) is 2.77. The second-order valence-electron chi connectivity index (χ2n) is 6.12. The van der Waals surface area contributed by atoms with Crippen LogP contribution in [-0.4, -0.2) is 10.9 Å². The van der Waals surface area contributed by atoms with Crippen LogP contribution < -0.4 is 5.32 Å². The molecule has 1 N–H and O–H groups in total. The average molecular weight is 367 g/mol. The maximum Gasteiger partial charge on any atom is 0.262 e. The average Bonchev–Trinajstić information content (AvgIpc) is 2.56. The third-order valence-corrected chi connectivity index (χ3v) is 4.41. The van der Waals surface area contributed by atoms with Crippen molar-refractivity contribution in [2.24, 2.45) is 0 Å². The molecular formula is C19H21ClF2N2O. The molecule has 0 bridgehead atoms. The molecule has 0 saturated carbocycles. The molecule has 3 nitrogen and oxygen atoms in total. The summed E-state index contributed by atoms with van der Waals surface area (Å²) < 4.78 is 28.8. The van der Waals surface area contributed by atoms with Gasteiger partial charge in [-0.2, -0.15) is 0 Å². The summed E-state index contributed by atoms with van der Waals surface area (Å²) in [5.41, 5.74) is -0.110. The second kappa shape index (κ2) is 7.91. The summed E-state index contributed by atoms with van der Waals surface area (Å²) in [6.45, 7) is 5.32. The first-order valence-corrected chi connectivity index (χ1v) is 8.50. The summed E-state index contributed by atoms with van der Waals surface area (Å²) in [4.78, 5) is 16.8. The van der Waals surface area contributed by atoms with Crippen LogP contribution >= 0.6 is 11.6 Å². The van der Waals surface area contributed by atoms with Crippen molar-refractivity contribution in [2.75, 3.05) is 0 Å². The van der Waals surface area contributed by atoms with Gasteiger partial charge in [-0.05, 0) is 49.6 Å². The fraction of sp³-hybridized carbons (Fsp3) is 0.368. The zero-order valence-corrected chi connectivity index (χ0v) is 15.3. The van der Waals surface area contributed by atoms with Gasteiger partial charge in [0, 0.05) is 29.0 Å². The molecule has 0 unspecified atom stereocenters. The van der Waals surface area contributed by atoms with Crippen molar-refractivity contribution >= 4 is 17.5 Å². The Morgan fingerprint density at radius 2 is 2.04 bits per heavy atom. The number of carbonyl (C=O) groups excluding carboxylic acids is 1. The molecule has 1 aromatic carbocycles. The van der Waals surface area contributed by atoms with Crippen LogP contribution in [0.2, 0.25) is 5.02 Å². The zero-order chi connectivity index (χ0) is 18.6. The number of alkyl halides is 1. The van der Waals surface area contributed by atoms with Crippen molar-refractivity contribution < 1.29 is 13.6 Å². The Morgan fingerprint density at radius 3 is 2.68 bits per heavy atom. The van der Waals surface area contributed by atoms with Gasteiger partial charge in [-0.25, -0.2) is 8.78 Å². The minimum absolute atomic E-state index is 0.0195. The quantitative estimate of drug-likeness (QED) is 0.800. The second-order valence-corrected chi connectivity index (χ2v) is 6.52. The number of rotatable bonds is 6. The summed E-state index contributed by atoms with van der Waals surface area (Å²) in [5.74, 6) is -1.21. The maximum absolute atomic E-state index is 15.7. The summed E-state index contributed by atoms with van der Waals surface area (Å²) in [6, 6.07) is 5.53. The number of carbonyl (C=O) groups is 1. The Kier molecular flexibility index (Phi) is 6.11. The van der Waals surface area contributed by atoms with Gasteiger partial charge in [0.05, 0.1) is 0 Å². The smallest absolute Gasteiger partial charge is 0.262 e. The molecule has 1 atom stereocenters. The van der Waals surface area contributed by atoms with Gasteiger partial charge < -0.3 is 5.32 Å². The van der Waals surface area contributed by atoms with Crippen LogP contribution in [0, 0.1) is 19.7 Å². The maximum atomic E-state index is 15.7. The number of aromatic nitrogens is 1. The van der Waals surface area contributed by atoms with Crippen LogP contribution in [0.25, 0.3) is 0 Å². The molecule has 0 saturated heterocycles. The number of nitrogens with one attached hydrogen (secondary N) is 1. The lowest BCUT2D eigenvalue weighted by Crippen LogP contribution is -2.41. The highest BCUT2D eigenvalue weighted by atomic mass is 35.5. The zero-order valence-electron chi connectivity index (χ0n) is 14.5. The summed E-state index contributed by atoms with van der Waals surface area (Å²) in [7, 11) is 0. The molecule has 0 fully saturated rings. The fourth-order valence-corrected chi connectivity index (χ4v) is 2.97. The van der Waals surface area contributed by atoms with E-state index >= 15 is 4.39 Å². The molecule has 0 spiro atoms. The highest BCUT2D eigenvalue weighted by Gasteiger charge is 2.41. The highest BCUT2D eigenvalue weighted by Crippen LogP contribution is 2.34. The standard InChI is InChI=1S/C19H21ClF2N2O/c1-4-7-19(22,16-8-12(2)10-23-13(16)3)18(25)24-11-14-5-6-15(21)9-17(14)20/h5-6,8-10H,4,7,11H2,1-3H3,(H,24,25)/t19-/m0/s1. The molecular weight excluding hydrogens is 346 g/mol. The summed E-state index contributed by atoms with van der Waals surface area (Å²) >= 11 is 5.96. The van der Waals surface area contributed by atoms with Crippen LogP contribution in [0.3, 0.4) is 0 Å². The third-order valence-electron chi connectivity index (χ3n) is 4.06. The van der Waals surface area contributed by atoms with Crippen molar-refractivity contribution in [1.82, 2.24) is 10.3 Å². The largest absolute Gasteiger partial charge is 0.349 e. The van der Waals surface area contributed by atoms with Gasteiger partial charge in [-0.1, -0.05) is 31.0 Å². The molecule has 134 valence electrons. The van der Waals surface area contributed by atoms with Crippen LogP contribution in [0.5, 0.6) is 0 Å². The van der Waals surface area contributed by atoms with E-state index in [1.54, 1.807) is 26.1 Å². The summed E-state index contributed by atoms with van der Waals surface area (Å²) in [6.07, 6.45) is 2.18. The van der Waals surface area contributed by atoms with Gasteiger partial charge in [-0.3, -0.25) is 9.78 Å². The third kappa shape index (κ3) is 4.34. The predicted molar refractivity (Wildman–Crippen MR) is 94.7 cm³/mol. The SMILES string of the molecule is CCC[C@@](F)(C(=O)NCc1ccc(F)cc1Cl)c1cc(C)cnc1C. The van der Waals surface area contributed by atoms with Crippen molar-refractivity contribution in [3.63, 3.8) is 0 Å². The lowest BCUT2D eigenvalue weighted by molar-refractivity contribution is -0.134. The van der Waals surface area contributed by atoms with E-state index in [9.17, 15) is 9.18 Å². The number of aryl methyl sites for hydroxylation is 2. The molecule has 1 aromatic heterocycles. The molecule has 2 aromatic rings. The molecule has 1 heterocycles. The number of halogens is 3. The van der Waals surface area contributed by atoms with Crippen molar-refractivity contribution in [3.8, 4) is 0 Å². The minimum atomic E-state index is -2.18. The van der Waals surface area contributed by atoms with Gasteiger partial charge >= 0.3 is 0 Å². The van der Waals surface area contributed by atoms with Crippen molar-refractivity contribution in [1.29, 1.82) is 0 Å². The van der Waals surface area contributed by atoms with Crippen molar-refractivity contribution in [2.45, 2.75) is 45.8 Å². The van der Waals surface area contributed by atoms with Crippen LogP contribution in [0.15, 0.2) is 30.5 Å². The number of amides is 1. The Balaban J connectivity index is 2.26. The molecule has 6 heteroatoms. The predicted octanol–water partition coefficient (Wildman–Crippen LogP) is 4.77. The molecule has 0 aliphatic heterocycles. The molecule has 25 heavy (non-hydrogen) atoms. The van der Waals surface area contributed by atoms with Crippen LogP contribution in [-0.2, 0) is 17.0 Å². The number of hydrogen-bond acceptors (Lipinski definition) is 2. The molecule has 0 radical (unpaired) electrons. The van der Waals surface area contributed by atoms with Gasteiger partial charge in [-0.15, -0.1) is 0 Å². The van der Waals surface area contributed by atoms with Gasteiger partial charge in [0.2, 0.25) is 5.67 Å². The van der Waals surface area contributed by atoms with E-state index in [2.05, 4.69) is 10.3 Å². The Morgan fingerprint density at radius 1 is 1.32 bits per heavy atom. The number of pyridine rings is 1. The van der Waals surface area contributed by atoms with Crippen LogP contribution in [0.1, 0.15) is 42.1 Å². The van der Waals surface area contributed by atoms with Gasteiger partial charge in [0.1, 0.15) is 5.82 Å². The van der Waals surface area contributed by atoms with E-state index in [0.717, 1.165) is 11.6 Å². The lowest BCUT2D eigenvalue weighted by atomic mass is 9.88. The lowest BCUT2D eigenvalue weighted by Gasteiger charge is -2.26. The Hall–Kier alpha value is -2.01. The molecule has 0 aliphatic rings. The molecule has 2 rings (SSSR count). The van der Waals surface area contributed by atoms with E-state index in [0.29, 0.717) is 17.7 Å². The van der Waals surface area contributed by atoms with Gasteiger partial charge in [0.15, 0.2) is 0 Å². The topological polar surface area (TPSA) is 42.0 Å². The van der Waals surface area contributed by atoms with E-state index in [4.69, 9.17) is 11.6 Å². The first kappa shape index (κ1) is 19.3. The van der Waals surface area contributed by atoms with E-state index in [1.165, 1.54) is 12.1 Å². The Bertz CT molecular complexity index is 782. The number of hydrogen-bond donors (Lipinski definition) is 1. The number of benzene rings is 1. The Labute approximate surface area is 151 Å². The van der Waals surface area contributed by atoms with Crippen molar-refractivity contribution in [3.05, 3.63) is 63.7 Å². The van der Waals surface area contributed by atoms with Crippen LogP contribution in [0.4, 0.5) is 8.78 Å². The number of nitrogens with zero attached hydrogens (tertiary/aromatic N) is 1. The first-order valence-electron chi connectivity index (χ1n) is 8.12. The fourth-order valence-electron chi connectivity index (χ4n) is 2.73. The van der Waals surface area contributed by atoms with E-state index < -0.39 is 17.4 Å². The van der Waals surface area contributed by atoms with E-state index in [-0.39, 0.29) is 23.6 Å². The minimum Gasteiger partial charge on any atom is -0.349 e. The normalized spacial score (nSPS) is 13.4. The monoisotopic (exact) mass is 366 g/mol. The highest BCUT2D eigenvalue weighted by molar-refractivity contribution is 6.31. The van der Waals surface area contributed by atoms with E-state index in [1.807, 2.05) is 6.92 Å². The first-order chi connectivity index (χ1) is 11.8. The molecule has 1 amide bonds. The molecule has 0 aliphatic carbocycles.